The number of hydroxylamine groups is 1. The predicted octanol–water partition coefficient (Wildman–Crippen LogP) is 2.96. The van der Waals surface area contributed by atoms with Crippen LogP contribution in [-0.4, -0.2) is 12.2 Å². The van der Waals surface area contributed by atoms with E-state index >= 15 is 0 Å². The molecule has 0 atom stereocenters. The molecule has 0 saturated heterocycles. The lowest BCUT2D eigenvalue weighted by atomic mass is 10.2. The Balaban J connectivity index is 0.000000141. The van der Waals surface area contributed by atoms with E-state index in [9.17, 15) is 0 Å². The molecule has 4 nitrogen and oxygen atoms in total. The van der Waals surface area contributed by atoms with Gasteiger partial charge in [-0.15, -0.1) is 0 Å². The Morgan fingerprint density at radius 3 is 2.47 bits per heavy atom. The molecule has 0 amide bonds. The van der Waals surface area contributed by atoms with E-state index in [4.69, 9.17) is 14.7 Å². The second kappa shape index (κ2) is 6.35. The second-order valence-electron chi connectivity index (χ2n) is 3.76. The Labute approximate surface area is 111 Å². The number of para-hydroxylation sites is 3. The Hall–Kier alpha value is -2.62. The molecule has 1 heterocycles. The number of fused-ring (bicyclic) bond motifs is 1. The highest BCUT2D eigenvalue weighted by Crippen LogP contribution is 2.23. The SMILES string of the molecule is C1=Cc2ccccc2ON1.COc1ccccc1O. The summed E-state index contributed by atoms with van der Waals surface area (Å²) < 4.78 is 4.79. The third-order valence-electron chi connectivity index (χ3n) is 2.50. The van der Waals surface area contributed by atoms with Gasteiger partial charge in [0.25, 0.3) is 0 Å². The summed E-state index contributed by atoms with van der Waals surface area (Å²) in [6.07, 6.45) is 3.74. The quantitative estimate of drug-likeness (QED) is 0.824. The number of aromatic hydroxyl groups is 1. The lowest BCUT2D eigenvalue weighted by molar-refractivity contribution is 0.239. The largest absolute Gasteiger partial charge is 0.504 e. The summed E-state index contributed by atoms with van der Waals surface area (Å²) in [5, 5.41) is 8.99. The van der Waals surface area contributed by atoms with Crippen LogP contribution in [0.5, 0.6) is 17.2 Å². The molecule has 0 aromatic heterocycles. The Morgan fingerprint density at radius 2 is 1.79 bits per heavy atom. The maximum Gasteiger partial charge on any atom is 0.162 e. The highest BCUT2D eigenvalue weighted by atomic mass is 16.6. The molecule has 0 spiro atoms. The van der Waals surface area contributed by atoms with Gasteiger partial charge in [-0.2, -0.15) is 0 Å². The molecule has 0 bridgehead atoms. The van der Waals surface area contributed by atoms with Crippen LogP contribution in [0, 0.1) is 0 Å². The number of nitrogens with one attached hydrogen (secondary N) is 1. The molecule has 4 heteroatoms. The van der Waals surface area contributed by atoms with Gasteiger partial charge in [0.1, 0.15) is 0 Å². The minimum absolute atomic E-state index is 0.181. The molecule has 3 rings (SSSR count). The van der Waals surface area contributed by atoms with Crippen molar-refractivity contribution in [2.24, 2.45) is 0 Å². The van der Waals surface area contributed by atoms with Crippen LogP contribution in [0.3, 0.4) is 0 Å². The smallest absolute Gasteiger partial charge is 0.162 e. The summed E-state index contributed by atoms with van der Waals surface area (Å²) in [4.78, 5) is 5.09. The molecule has 0 fully saturated rings. The van der Waals surface area contributed by atoms with Gasteiger partial charge in [0, 0.05) is 11.8 Å². The molecule has 2 aromatic carbocycles. The van der Waals surface area contributed by atoms with Crippen molar-refractivity contribution < 1.29 is 14.7 Å². The van der Waals surface area contributed by atoms with E-state index in [2.05, 4.69) is 5.48 Å². The molecule has 2 N–H and O–H groups in total. The van der Waals surface area contributed by atoms with Gasteiger partial charge in [-0.1, -0.05) is 30.3 Å². The van der Waals surface area contributed by atoms with Gasteiger partial charge in [-0.25, -0.2) is 5.48 Å². The number of hydrogen-bond donors (Lipinski definition) is 2. The fraction of sp³-hybridized carbons (Fsp3) is 0.0667. The van der Waals surface area contributed by atoms with Crippen LogP contribution in [0.2, 0.25) is 0 Å². The minimum Gasteiger partial charge on any atom is -0.504 e. The molecule has 0 saturated carbocycles. The molecular formula is C15H15NO3. The maximum atomic E-state index is 8.99. The monoisotopic (exact) mass is 257 g/mol. The van der Waals surface area contributed by atoms with Gasteiger partial charge >= 0.3 is 0 Å². The summed E-state index contributed by atoms with van der Waals surface area (Å²) in [5.41, 5.74) is 3.77. The topological polar surface area (TPSA) is 50.7 Å². The number of hydrogen-bond acceptors (Lipinski definition) is 4. The van der Waals surface area contributed by atoms with E-state index in [0.29, 0.717) is 5.75 Å². The molecular weight excluding hydrogens is 242 g/mol. The Bertz CT molecular complexity index is 567. The van der Waals surface area contributed by atoms with Crippen LogP contribution in [-0.2, 0) is 0 Å². The van der Waals surface area contributed by atoms with E-state index in [1.165, 1.54) is 7.11 Å². The predicted molar refractivity (Wildman–Crippen MR) is 73.9 cm³/mol. The van der Waals surface area contributed by atoms with E-state index < -0.39 is 0 Å². The van der Waals surface area contributed by atoms with E-state index in [-0.39, 0.29) is 5.75 Å². The molecule has 98 valence electrons. The van der Waals surface area contributed by atoms with Crippen molar-refractivity contribution >= 4 is 6.08 Å². The summed E-state index contributed by atoms with van der Waals surface area (Å²) in [5.74, 6) is 1.57. The molecule has 1 aliphatic rings. The normalized spacial score (nSPS) is 11.2. The van der Waals surface area contributed by atoms with E-state index in [1.807, 2.05) is 30.3 Å². The first-order valence-corrected chi connectivity index (χ1v) is 5.81. The summed E-state index contributed by atoms with van der Waals surface area (Å²) in [7, 11) is 1.52. The van der Waals surface area contributed by atoms with Crippen LogP contribution in [0.25, 0.3) is 6.08 Å². The van der Waals surface area contributed by atoms with Crippen molar-refractivity contribution in [3.8, 4) is 17.2 Å². The average molecular weight is 257 g/mol. The molecule has 0 aliphatic carbocycles. The van der Waals surface area contributed by atoms with Crippen molar-refractivity contribution in [1.82, 2.24) is 5.48 Å². The van der Waals surface area contributed by atoms with Crippen LogP contribution >= 0.6 is 0 Å². The Kier molecular flexibility index (Phi) is 4.29. The summed E-state index contributed by atoms with van der Waals surface area (Å²) >= 11 is 0. The zero-order chi connectivity index (χ0) is 13.5. The van der Waals surface area contributed by atoms with Gasteiger partial charge < -0.3 is 14.7 Å². The molecule has 19 heavy (non-hydrogen) atoms. The van der Waals surface area contributed by atoms with Gasteiger partial charge in [0.2, 0.25) is 0 Å². The molecule has 0 radical (unpaired) electrons. The molecule has 2 aromatic rings. The number of phenols is 1. The highest BCUT2D eigenvalue weighted by Gasteiger charge is 2.01. The van der Waals surface area contributed by atoms with E-state index in [1.54, 1.807) is 30.5 Å². The first-order valence-electron chi connectivity index (χ1n) is 5.81. The third kappa shape index (κ3) is 3.42. The van der Waals surface area contributed by atoms with Crippen molar-refractivity contribution in [1.29, 1.82) is 0 Å². The highest BCUT2D eigenvalue weighted by molar-refractivity contribution is 5.57. The zero-order valence-corrected chi connectivity index (χ0v) is 10.5. The van der Waals surface area contributed by atoms with Crippen LogP contribution in [0.15, 0.2) is 54.7 Å². The van der Waals surface area contributed by atoms with Gasteiger partial charge in [-0.05, 0) is 24.3 Å². The molecule has 0 unspecified atom stereocenters. The Morgan fingerprint density at radius 1 is 1.05 bits per heavy atom. The summed E-state index contributed by atoms with van der Waals surface area (Å²) in [6, 6.07) is 14.7. The lowest BCUT2D eigenvalue weighted by Crippen LogP contribution is -2.13. The lowest BCUT2D eigenvalue weighted by Gasteiger charge is -2.11. The number of rotatable bonds is 1. The number of ether oxygens (including phenoxy) is 1. The van der Waals surface area contributed by atoms with Crippen LogP contribution < -0.4 is 15.1 Å². The maximum absolute atomic E-state index is 8.99. The standard InChI is InChI=1S/C8H7NO.C7H8O2/c1-2-4-8-7(3-1)5-6-9-10-8;1-9-7-5-3-2-4-6(7)8/h1-6,9H;2-5,8H,1H3. The number of benzene rings is 2. The minimum atomic E-state index is 0.181. The molecule has 1 aliphatic heterocycles. The van der Waals surface area contributed by atoms with Crippen LogP contribution in [0.1, 0.15) is 5.56 Å². The first-order chi connectivity index (χ1) is 9.31. The number of phenolic OH excluding ortho intramolecular Hbond substituents is 1. The van der Waals surface area contributed by atoms with Crippen molar-refractivity contribution in [2.45, 2.75) is 0 Å². The first kappa shape index (κ1) is 12.8. The number of methoxy groups -OCH3 is 1. The fourth-order valence-electron chi connectivity index (χ4n) is 1.56. The summed E-state index contributed by atoms with van der Waals surface area (Å²) in [6.45, 7) is 0. The van der Waals surface area contributed by atoms with E-state index in [0.717, 1.165) is 11.3 Å². The fourth-order valence-corrected chi connectivity index (χ4v) is 1.56. The third-order valence-corrected chi connectivity index (χ3v) is 2.50. The van der Waals surface area contributed by atoms with Crippen LogP contribution in [0.4, 0.5) is 0 Å². The van der Waals surface area contributed by atoms with Crippen molar-refractivity contribution in [3.05, 3.63) is 60.3 Å². The second-order valence-corrected chi connectivity index (χ2v) is 3.76. The van der Waals surface area contributed by atoms with Gasteiger partial charge in [0.15, 0.2) is 17.2 Å². The van der Waals surface area contributed by atoms with Gasteiger partial charge in [0.05, 0.1) is 7.11 Å². The van der Waals surface area contributed by atoms with Crippen molar-refractivity contribution in [3.63, 3.8) is 0 Å². The van der Waals surface area contributed by atoms with Crippen molar-refractivity contribution in [2.75, 3.05) is 7.11 Å². The zero-order valence-electron chi connectivity index (χ0n) is 10.5. The van der Waals surface area contributed by atoms with Gasteiger partial charge in [-0.3, -0.25) is 0 Å². The average Bonchev–Trinajstić information content (AvgIpc) is 2.49.